The molecule has 0 bridgehead atoms. The van der Waals surface area contributed by atoms with Crippen molar-refractivity contribution in [2.45, 2.75) is 0 Å². The Labute approximate surface area is 121 Å². The molecule has 0 aliphatic heterocycles. The maximum atomic E-state index is 11.4. The lowest BCUT2D eigenvalue weighted by atomic mass is 10.2. The normalized spacial score (nSPS) is 10.2. The number of nitro groups is 1. The number of aromatic carboxylic acids is 2. The second kappa shape index (κ2) is 5.48. The lowest BCUT2D eigenvalue weighted by molar-refractivity contribution is -0.384. The number of aromatic nitrogens is 1. The van der Waals surface area contributed by atoms with E-state index in [0.717, 1.165) is 28.8 Å². The predicted molar refractivity (Wildman–Crippen MR) is 72.6 cm³/mol. The molecule has 0 spiro atoms. The second-order valence-electron chi connectivity index (χ2n) is 4.18. The number of carboxylic acid groups (broad SMARTS) is 2. The molecule has 0 aliphatic rings. The minimum atomic E-state index is -1.50. The van der Waals surface area contributed by atoms with Gasteiger partial charge in [0, 0.05) is 30.0 Å². The van der Waals surface area contributed by atoms with Crippen molar-refractivity contribution in [1.29, 1.82) is 0 Å². The first-order chi connectivity index (χ1) is 10.3. The Morgan fingerprint density at radius 2 is 1.45 bits per heavy atom. The van der Waals surface area contributed by atoms with E-state index in [1.54, 1.807) is 0 Å². The van der Waals surface area contributed by atoms with Gasteiger partial charge in [-0.3, -0.25) is 19.5 Å². The number of hydrogen-bond donors (Lipinski definition) is 2. The molecule has 1 heterocycles. The fourth-order valence-electron chi connectivity index (χ4n) is 1.89. The number of carbonyl (C=O) groups is 2. The van der Waals surface area contributed by atoms with Crippen LogP contribution in [0.3, 0.4) is 0 Å². The van der Waals surface area contributed by atoms with E-state index in [0.29, 0.717) is 0 Å². The van der Waals surface area contributed by atoms with Crippen LogP contribution in [0, 0.1) is 10.1 Å². The number of hydrogen-bond acceptors (Lipinski definition) is 5. The van der Waals surface area contributed by atoms with Crippen molar-refractivity contribution >= 4 is 17.6 Å². The highest BCUT2D eigenvalue weighted by atomic mass is 16.6. The molecule has 0 saturated heterocycles. The van der Waals surface area contributed by atoms with Crippen molar-refractivity contribution in [2.75, 3.05) is 0 Å². The van der Waals surface area contributed by atoms with E-state index < -0.39 is 33.7 Å². The fourth-order valence-corrected chi connectivity index (χ4v) is 1.89. The molecular formula is C13H8N2O7. The zero-order valence-electron chi connectivity index (χ0n) is 10.8. The molecule has 2 aromatic rings. The van der Waals surface area contributed by atoms with Crippen molar-refractivity contribution in [3.8, 4) is 5.69 Å². The van der Waals surface area contributed by atoms with Crippen molar-refractivity contribution in [1.82, 2.24) is 4.57 Å². The van der Waals surface area contributed by atoms with Crippen molar-refractivity contribution < 1.29 is 24.7 Å². The van der Waals surface area contributed by atoms with Gasteiger partial charge >= 0.3 is 11.9 Å². The molecule has 1 aromatic carbocycles. The lowest BCUT2D eigenvalue weighted by Gasteiger charge is -2.13. The van der Waals surface area contributed by atoms with E-state index in [1.165, 1.54) is 12.1 Å². The van der Waals surface area contributed by atoms with Crippen LogP contribution in [-0.4, -0.2) is 31.6 Å². The third-order valence-electron chi connectivity index (χ3n) is 2.80. The third-order valence-corrected chi connectivity index (χ3v) is 2.80. The summed E-state index contributed by atoms with van der Waals surface area (Å²) in [5.41, 5.74) is -2.05. The van der Waals surface area contributed by atoms with E-state index >= 15 is 0 Å². The molecular weight excluding hydrogens is 296 g/mol. The van der Waals surface area contributed by atoms with Crippen LogP contribution in [0.4, 0.5) is 5.69 Å². The van der Waals surface area contributed by atoms with Gasteiger partial charge < -0.3 is 10.2 Å². The molecule has 0 aliphatic carbocycles. The highest BCUT2D eigenvalue weighted by molar-refractivity contribution is 5.91. The highest BCUT2D eigenvalue weighted by Gasteiger charge is 2.20. The van der Waals surface area contributed by atoms with Gasteiger partial charge in [0.1, 0.15) is 11.4 Å². The minimum absolute atomic E-state index is 0.0698. The molecule has 0 atom stereocenters. The maximum absolute atomic E-state index is 11.4. The molecule has 9 heteroatoms. The summed E-state index contributed by atoms with van der Waals surface area (Å²) in [6.07, 6.45) is 0. The van der Waals surface area contributed by atoms with Crippen LogP contribution in [0.1, 0.15) is 21.0 Å². The maximum Gasteiger partial charge on any atom is 0.353 e. The van der Waals surface area contributed by atoms with Gasteiger partial charge in [-0.15, -0.1) is 0 Å². The van der Waals surface area contributed by atoms with Crippen molar-refractivity contribution in [2.24, 2.45) is 0 Å². The van der Waals surface area contributed by atoms with Gasteiger partial charge in [0.05, 0.1) is 4.92 Å². The molecule has 0 radical (unpaired) electrons. The molecule has 22 heavy (non-hydrogen) atoms. The van der Waals surface area contributed by atoms with Gasteiger partial charge in [-0.2, -0.15) is 0 Å². The Kier molecular flexibility index (Phi) is 3.71. The molecule has 0 fully saturated rings. The highest BCUT2D eigenvalue weighted by Crippen LogP contribution is 2.18. The first kappa shape index (κ1) is 14.9. The Bertz CT molecular complexity index is 798. The smallest absolute Gasteiger partial charge is 0.353 e. The summed E-state index contributed by atoms with van der Waals surface area (Å²) in [6.45, 7) is 0. The number of nitro benzene ring substituents is 1. The summed E-state index contributed by atoms with van der Waals surface area (Å²) in [4.78, 5) is 43.9. The third kappa shape index (κ3) is 2.68. The van der Waals surface area contributed by atoms with Gasteiger partial charge in [0.25, 0.3) is 5.69 Å². The zero-order valence-corrected chi connectivity index (χ0v) is 10.8. The average Bonchev–Trinajstić information content (AvgIpc) is 2.46. The summed E-state index contributed by atoms with van der Waals surface area (Å²) in [5.74, 6) is -3.00. The lowest BCUT2D eigenvalue weighted by Crippen LogP contribution is -2.22. The molecule has 112 valence electrons. The molecule has 2 rings (SSSR count). The standard InChI is InChI=1S/C13H8N2O7/c16-9-5-10(12(17)18)14(11(6-9)13(19)20)7-1-3-8(4-2-7)15(21)22/h1-6H,(H,17,18)(H,19,20). The second-order valence-corrected chi connectivity index (χ2v) is 4.18. The van der Waals surface area contributed by atoms with Gasteiger partial charge in [-0.1, -0.05) is 0 Å². The van der Waals surface area contributed by atoms with Crippen LogP contribution in [-0.2, 0) is 0 Å². The van der Waals surface area contributed by atoms with Crippen LogP contribution in [0.15, 0.2) is 41.2 Å². The predicted octanol–water partition coefficient (Wildman–Crippen LogP) is 1.14. The molecule has 0 amide bonds. The summed E-state index contributed by atoms with van der Waals surface area (Å²) in [6, 6.07) is 6.14. The van der Waals surface area contributed by atoms with Crippen LogP contribution >= 0.6 is 0 Å². The fraction of sp³-hybridized carbons (Fsp3) is 0. The number of carboxylic acids is 2. The summed E-state index contributed by atoms with van der Waals surface area (Å²) >= 11 is 0. The van der Waals surface area contributed by atoms with Crippen LogP contribution < -0.4 is 5.43 Å². The number of rotatable bonds is 4. The number of pyridine rings is 1. The molecule has 9 nitrogen and oxygen atoms in total. The van der Waals surface area contributed by atoms with Gasteiger partial charge in [0.15, 0.2) is 5.43 Å². The summed E-state index contributed by atoms with van der Waals surface area (Å²) in [5, 5.41) is 28.9. The van der Waals surface area contributed by atoms with Gasteiger partial charge in [-0.25, -0.2) is 9.59 Å². The van der Waals surface area contributed by atoms with E-state index in [9.17, 15) is 24.5 Å². The Morgan fingerprint density at radius 1 is 1.00 bits per heavy atom. The van der Waals surface area contributed by atoms with Crippen LogP contribution in [0.2, 0.25) is 0 Å². The molecule has 1 aromatic heterocycles. The first-order valence-corrected chi connectivity index (χ1v) is 5.80. The van der Waals surface area contributed by atoms with E-state index in [2.05, 4.69) is 0 Å². The largest absolute Gasteiger partial charge is 0.477 e. The number of benzene rings is 1. The van der Waals surface area contributed by atoms with Crippen molar-refractivity contribution in [3.05, 3.63) is 68.1 Å². The summed E-state index contributed by atoms with van der Waals surface area (Å²) in [7, 11) is 0. The Morgan fingerprint density at radius 3 is 1.82 bits per heavy atom. The Hall–Kier alpha value is -3.49. The number of nitrogens with zero attached hydrogens (tertiary/aromatic N) is 2. The van der Waals surface area contributed by atoms with Crippen LogP contribution in [0.25, 0.3) is 5.69 Å². The topological polar surface area (TPSA) is 140 Å². The molecule has 0 unspecified atom stereocenters. The molecule has 0 saturated carbocycles. The quantitative estimate of drug-likeness (QED) is 0.637. The first-order valence-electron chi connectivity index (χ1n) is 5.80. The summed E-state index contributed by atoms with van der Waals surface area (Å²) < 4.78 is 0.829. The monoisotopic (exact) mass is 304 g/mol. The average molecular weight is 304 g/mol. The van der Waals surface area contributed by atoms with E-state index in [4.69, 9.17) is 10.2 Å². The van der Waals surface area contributed by atoms with E-state index in [1.807, 2.05) is 0 Å². The SMILES string of the molecule is O=C(O)c1cc(=O)cc(C(=O)O)n1-c1ccc([N+](=O)[O-])cc1. The molecule has 2 N–H and O–H groups in total. The van der Waals surface area contributed by atoms with Gasteiger partial charge in [0.2, 0.25) is 0 Å². The van der Waals surface area contributed by atoms with Gasteiger partial charge in [-0.05, 0) is 12.1 Å². The Balaban J connectivity index is 2.77. The zero-order chi connectivity index (χ0) is 16.4. The van der Waals surface area contributed by atoms with Crippen LogP contribution in [0.5, 0.6) is 0 Å². The van der Waals surface area contributed by atoms with Crippen molar-refractivity contribution in [3.63, 3.8) is 0 Å². The number of non-ortho nitro benzene ring substituents is 1. The minimum Gasteiger partial charge on any atom is -0.477 e. The van der Waals surface area contributed by atoms with E-state index in [-0.39, 0.29) is 11.4 Å².